The predicted molar refractivity (Wildman–Crippen MR) is 84.6 cm³/mol. The third-order valence-electron chi connectivity index (χ3n) is 3.27. The zero-order valence-corrected chi connectivity index (χ0v) is 12.9. The van der Waals surface area contributed by atoms with Gasteiger partial charge >= 0.3 is 5.97 Å². The number of hydrogen-bond acceptors (Lipinski definition) is 5. The van der Waals surface area contributed by atoms with Gasteiger partial charge in [-0.05, 0) is 30.7 Å². The Hall–Kier alpha value is -2.73. The van der Waals surface area contributed by atoms with E-state index in [9.17, 15) is 9.59 Å². The molecular weight excluding hydrogens is 318 g/mol. The molecule has 0 fully saturated rings. The van der Waals surface area contributed by atoms with Gasteiger partial charge in [0, 0.05) is 18.5 Å². The number of carbonyl (C=O) groups excluding carboxylic acids is 1. The van der Waals surface area contributed by atoms with Gasteiger partial charge in [-0.2, -0.15) is 0 Å². The van der Waals surface area contributed by atoms with E-state index >= 15 is 0 Å². The van der Waals surface area contributed by atoms with Crippen LogP contribution in [-0.4, -0.2) is 20.3 Å². The van der Waals surface area contributed by atoms with Crippen LogP contribution in [0.2, 0.25) is 5.15 Å². The minimum atomic E-state index is -0.616. The SMILES string of the molecule is Cc1cccn2c(=O)cc(COC(=O)c3cccnc3Cl)nc12. The molecule has 116 valence electrons. The van der Waals surface area contributed by atoms with Crippen LogP contribution < -0.4 is 5.56 Å². The van der Waals surface area contributed by atoms with Crippen molar-refractivity contribution in [1.29, 1.82) is 0 Å². The maximum atomic E-state index is 12.1. The van der Waals surface area contributed by atoms with E-state index in [2.05, 4.69) is 9.97 Å². The quantitative estimate of drug-likeness (QED) is 0.545. The fourth-order valence-electron chi connectivity index (χ4n) is 2.14. The highest BCUT2D eigenvalue weighted by molar-refractivity contribution is 6.32. The molecule has 0 atom stereocenters. The molecule has 0 bridgehead atoms. The number of aromatic nitrogens is 3. The Labute approximate surface area is 136 Å². The third kappa shape index (κ3) is 3.07. The number of fused-ring (bicyclic) bond motifs is 1. The molecule has 0 N–H and O–H groups in total. The molecule has 0 unspecified atom stereocenters. The average Bonchev–Trinajstić information content (AvgIpc) is 2.54. The molecule has 3 heterocycles. The number of halogens is 1. The molecule has 3 rings (SSSR count). The van der Waals surface area contributed by atoms with E-state index in [1.54, 1.807) is 18.3 Å². The lowest BCUT2D eigenvalue weighted by atomic mass is 10.3. The second-order valence-corrected chi connectivity index (χ2v) is 5.25. The van der Waals surface area contributed by atoms with Crippen LogP contribution in [0.5, 0.6) is 0 Å². The lowest BCUT2D eigenvalue weighted by molar-refractivity contribution is 0.0467. The van der Waals surface area contributed by atoms with Gasteiger partial charge in [-0.15, -0.1) is 0 Å². The summed E-state index contributed by atoms with van der Waals surface area (Å²) in [7, 11) is 0. The van der Waals surface area contributed by atoms with Crippen LogP contribution in [0, 0.1) is 6.92 Å². The zero-order valence-electron chi connectivity index (χ0n) is 12.2. The van der Waals surface area contributed by atoms with Gasteiger partial charge in [0.25, 0.3) is 5.56 Å². The lowest BCUT2D eigenvalue weighted by Crippen LogP contribution is -2.17. The number of aryl methyl sites for hydroxylation is 1. The van der Waals surface area contributed by atoms with Crippen molar-refractivity contribution in [3.05, 3.63) is 75.1 Å². The summed E-state index contributed by atoms with van der Waals surface area (Å²) in [6.45, 7) is 1.73. The van der Waals surface area contributed by atoms with Gasteiger partial charge < -0.3 is 4.74 Å². The summed E-state index contributed by atoms with van der Waals surface area (Å²) in [6.07, 6.45) is 3.12. The van der Waals surface area contributed by atoms with Crippen molar-refractivity contribution in [1.82, 2.24) is 14.4 Å². The van der Waals surface area contributed by atoms with Gasteiger partial charge in [0.2, 0.25) is 0 Å². The van der Waals surface area contributed by atoms with E-state index in [4.69, 9.17) is 16.3 Å². The summed E-state index contributed by atoms with van der Waals surface area (Å²) >= 11 is 5.84. The molecule has 0 spiro atoms. The maximum absolute atomic E-state index is 12.1. The second-order valence-electron chi connectivity index (χ2n) is 4.89. The highest BCUT2D eigenvalue weighted by atomic mass is 35.5. The maximum Gasteiger partial charge on any atom is 0.341 e. The third-order valence-corrected chi connectivity index (χ3v) is 3.57. The molecule has 0 radical (unpaired) electrons. The van der Waals surface area contributed by atoms with Crippen molar-refractivity contribution in [2.75, 3.05) is 0 Å². The Morgan fingerprint density at radius 2 is 2.17 bits per heavy atom. The van der Waals surface area contributed by atoms with Gasteiger partial charge in [0.1, 0.15) is 17.4 Å². The van der Waals surface area contributed by atoms with Gasteiger partial charge in [0.05, 0.1) is 11.3 Å². The topological polar surface area (TPSA) is 73.6 Å². The molecule has 0 aromatic carbocycles. The Morgan fingerprint density at radius 3 is 2.96 bits per heavy atom. The average molecular weight is 330 g/mol. The smallest absolute Gasteiger partial charge is 0.341 e. The first-order valence-electron chi connectivity index (χ1n) is 6.82. The number of rotatable bonds is 3. The fraction of sp³-hybridized carbons (Fsp3) is 0.125. The van der Waals surface area contributed by atoms with Gasteiger partial charge in [-0.25, -0.2) is 14.8 Å². The highest BCUT2D eigenvalue weighted by Crippen LogP contribution is 2.13. The minimum Gasteiger partial charge on any atom is -0.455 e. The first-order chi connectivity index (χ1) is 11.1. The van der Waals surface area contributed by atoms with Crippen LogP contribution >= 0.6 is 11.6 Å². The number of nitrogens with zero attached hydrogens (tertiary/aromatic N) is 3. The molecule has 6 nitrogen and oxygen atoms in total. The minimum absolute atomic E-state index is 0.0693. The first kappa shape index (κ1) is 15.2. The Kier molecular flexibility index (Phi) is 4.08. The highest BCUT2D eigenvalue weighted by Gasteiger charge is 2.13. The van der Waals surface area contributed by atoms with Crippen molar-refractivity contribution in [3.63, 3.8) is 0 Å². The number of esters is 1. The van der Waals surface area contributed by atoms with Crippen molar-refractivity contribution in [2.45, 2.75) is 13.5 Å². The summed E-state index contributed by atoms with van der Waals surface area (Å²) in [5.74, 6) is -0.616. The van der Waals surface area contributed by atoms with Crippen LogP contribution in [0.4, 0.5) is 0 Å². The van der Waals surface area contributed by atoms with E-state index in [1.165, 1.54) is 22.7 Å². The summed E-state index contributed by atoms with van der Waals surface area (Å²) in [5.41, 5.74) is 1.70. The number of carbonyl (C=O) groups is 1. The van der Waals surface area contributed by atoms with Gasteiger partial charge in [-0.3, -0.25) is 9.20 Å². The lowest BCUT2D eigenvalue weighted by Gasteiger charge is -2.07. The Bertz CT molecular complexity index is 953. The number of ether oxygens (including phenoxy) is 1. The molecule has 0 aliphatic rings. The number of hydrogen-bond donors (Lipinski definition) is 0. The van der Waals surface area contributed by atoms with Crippen LogP contribution in [0.25, 0.3) is 5.65 Å². The summed E-state index contributed by atoms with van der Waals surface area (Å²) < 4.78 is 6.61. The van der Waals surface area contributed by atoms with E-state index in [0.29, 0.717) is 11.3 Å². The molecular formula is C16H12ClN3O3. The van der Waals surface area contributed by atoms with Crippen molar-refractivity contribution < 1.29 is 9.53 Å². The van der Waals surface area contributed by atoms with Crippen molar-refractivity contribution >= 4 is 23.2 Å². The van der Waals surface area contributed by atoms with Crippen molar-refractivity contribution in [2.24, 2.45) is 0 Å². The Morgan fingerprint density at radius 1 is 1.35 bits per heavy atom. The zero-order chi connectivity index (χ0) is 16.4. The standard InChI is InChI=1S/C16H12ClN3O3/c1-10-4-3-7-20-13(21)8-11(19-15(10)20)9-23-16(22)12-5-2-6-18-14(12)17/h2-8H,9H2,1H3. The van der Waals surface area contributed by atoms with Crippen LogP contribution in [0.1, 0.15) is 21.6 Å². The molecule has 23 heavy (non-hydrogen) atoms. The molecule has 7 heteroatoms. The van der Waals surface area contributed by atoms with Gasteiger partial charge in [0.15, 0.2) is 0 Å². The van der Waals surface area contributed by atoms with Gasteiger partial charge in [-0.1, -0.05) is 17.7 Å². The van der Waals surface area contributed by atoms with Crippen LogP contribution in [0.3, 0.4) is 0 Å². The second kappa shape index (κ2) is 6.18. The molecule has 0 aliphatic heterocycles. The normalized spacial score (nSPS) is 10.7. The predicted octanol–water partition coefficient (Wildman–Crippen LogP) is 2.41. The van der Waals surface area contributed by atoms with E-state index in [-0.39, 0.29) is 22.9 Å². The number of pyridine rings is 2. The first-order valence-corrected chi connectivity index (χ1v) is 7.19. The molecule has 0 saturated heterocycles. The molecule has 0 saturated carbocycles. The Balaban J connectivity index is 1.85. The molecule has 0 amide bonds. The van der Waals surface area contributed by atoms with E-state index < -0.39 is 5.97 Å². The monoisotopic (exact) mass is 329 g/mol. The van der Waals surface area contributed by atoms with Crippen LogP contribution in [-0.2, 0) is 11.3 Å². The summed E-state index contributed by atoms with van der Waals surface area (Å²) in [6, 6.07) is 8.07. The van der Waals surface area contributed by atoms with Crippen molar-refractivity contribution in [3.8, 4) is 0 Å². The molecule has 3 aromatic rings. The summed E-state index contributed by atoms with van der Waals surface area (Å²) in [5, 5.41) is 0.0693. The summed E-state index contributed by atoms with van der Waals surface area (Å²) in [4.78, 5) is 32.2. The van der Waals surface area contributed by atoms with E-state index in [0.717, 1.165) is 5.56 Å². The largest absolute Gasteiger partial charge is 0.455 e. The molecule has 0 aliphatic carbocycles. The van der Waals surface area contributed by atoms with Crippen LogP contribution in [0.15, 0.2) is 47.5 Å². The molecule has 3 aromatic heterocycles. The fourth-order valence-corrected chi connectivity index (χ4v) is 2.33. The van der Waals surface area contributed by atoms with E-state index in [1.807, 2.05) is 13.0 Å².